The number of hydrogen-bond donors (Lipinski definition) is 1. The summed E-state index contributed by atoms with van der Waals surface area (Å²) >= 11 is 0. The fourth-order valence-electron chi connectivity index (χ4n) is 2.33. The molecule has 0 amide bonds. The number of rotatable bonds is 7. The highest BCUT2D eigenvalue weighted by Gasteiger charge is 2.31. The Hall–Kier alpha value is -1.84. The maximum Gasteiger partial charge on any atom is 0.127 e. The minimum Gasteiger partial charge on any atom is -0.457 e. The maximum absolute atomic E-state index is 9.31. The average molecular weight is 284 g/mol. The summed E-state index contributed by atoms with van der Waals surface area (Å²) in [6, 6.07) is 17.6. The minimum absolute atomic E-state index is 0.0244. The highest BCUT2D eigenvalue weighted by Crippen LogP contribution is 2.34. The van der Waals surface area contributed by atoms with Crippen LogP contribution >= 0.6 is 0 Å². The van der Waals surface area contributed by atoms with Gasteiger partial charge in [0.2, 0.25) is 0 Å². The van der Waals surface area contributed by atoms with E-state index in [1.807, 2.05) is 54.6 Å². The van der Waals surface area contributed by atoms with Gasteiger partial charge in [0.15, 0.2) is 0 Å². The van der Waals surface area contributed by atoms with E-state index < -0.39 is 0 Å². The highest BCUT2D eigenvalue weighted by atomic mass is 16.5. The molecule has 0 bridgehead atoms. The Labute approximate surface area is 125 Å². The van der Waals surface area contributed by atoms with E-state index in [0.29, 0.717) is 12.5 Å². The minimum atomic E-state index is -0.0244. The lowest BCUT2D eigenvalue weighted by Crippen LogP contribution is -2.19. The lowest BCUT2D eigenvalue weighted by atomic mass is 10.2. The number of aliphatic hydroxyl groups excluding tert-OH is 1. The van der Waals surface area contributed by atoms with Gasteiger partial charge in [-0.05, 0) is 48.6 Å². The van der Waals surface area contributed by atoms with E-state index in [0.717, 1.165) is 17.1 Å². The van der Waals surface area contributed by atoms with Crippen molar-refractivity contribution in [3.05, 3.63) is 60.2 Å². The zero-order chi connectivity index (χ0) is 14.5. The molecular weight excluding hydrogens is 264 g/mol. The van der Waals surface area contributed by atoms with Crippen molar-refractivity contribution in [3.8, 4) is 11.5 Å². The normalized spacial score (nSPS) is 15.7. The summed E-state index contributed by atoms with van der Waals surface area (Å²) in [6.07, 6.45) is 2.31. The van der Waals surface area contributed by atoms with Crippen LogP contribution in [0.1, 0.15) is 18.4 Å². The SMILES string of the molecule is OCC(OCc1cccc(Oc2ccccc2)c1)C1CC1. The smallest absolute Gasteiger partial charge is 0.127 e. The second kappa shape index (κ2) is 6.74. The van der Waals surface area contributed by atoms with Crippen molar-refractivity contribution in [2.24, 2.45) is 5.92 Å². The van der Waals surface area contributed by atoms with Crippen LogP contribution in [-0.2, 0) is 11.3 Å². The predicted octanol–water partition coefficient (Wildman–Crippen LogP) is 3.77. The first kappa shape index (κ1) is 14.1. The van der Waals surface area contributed by atoms with Crippen LogP contribution in [0.25, 0.3) is 0 Å². The largest absolute Gasteiger partial charge is 0.457 e. The number of benzene rings is 2. The number of ether oxygens (including phenoxy) is 2. The van der Waals surface area contributed by atoms with Crippen molar-refractivity contribution < 1.29 is 14.6 Å². The number of para-hydroxylation sites is 1. The first-order valence-corrected chi connectivity index (χ1v) is 7.39. The molecule has 21 heavy (non-hydrogen) atoms. The summed E-state index contributed by atoms with van der Waals surface area (Å²) in [4.78, 5) is 0. The summed E-state index contributed by atoms with van der Waals surface area (Å²) in [5.74, 6) is 2.16. The van der Waals surface area contributed by atoms with E-state index in [9.17, 15) is 5.11 Å². The summed E-state index contributed by atoms with van der Waals surface area (Å²) in [5.41, 5.74) is 1.06. The Bertz CT molecular complexity index is 564. The molecule has 110 valence electrons. The van der Waals surface area contributed by atoms with Gasteiger partial charge in [-0.1, -0.05) is 30.3 Å². The van der Waals surface area contributed by atoms with Gasteiger partial charge in [0, 0.05) is 0 Å². The van der Waals surface area contributed by atoms with Gasteiger partial charge >= 0.3 is 0 Å². The molecule has 1 fully saturated rings. The fraction of sp³-hybridized carbons (Fsp3) is 0.333. The van der Waals surface area contributed by atoms with Gasteiger partial charge in [-0.3, -0.25) is 0 Å². The van der Waals surface area contributed by atoms with Crippen molar-refractivity contribution >= 4 is 0 Å². The van der Waals surface area contributed by atoms with Crippen LogP contribution in [0, 0.1) is 5.92 Å². The second-order valence-electron chi connectivity index (χ2n) is 5.43. The van der Waals surface area contributed by atoms with Crippen molar-refractivity contribution in [2.45, 2.75) is 25.6 Å². The first-order chi connectivity index (χ1) is 10.3. The fourth-order valence-corrected chi connectivity index (χ4v) is 2.33. The summed E-state index contributed by atoms with van der Waals surface area (Å²) in [6.45, 7) is 0.610. The number of aliphatic hydroxyl groups is 1. The quantitative estimate of drug-likeness (QED) is 0.841. The Balaban J connectivity index is 1.60. The van der Waals surface area contributed by atoms with Crippen LogP contribution in [0.2, 0.25) is 0 Å². The molecule has 1 aliphatic carbocycles. The Morgan fingerprint density at radius 3 is 2.48 bits per heavy atom. The molecular formula is C18H20O3. The summed E-state index contributed by atoms with van der Waals surface area (Å²) < 4.78 is 11.6. The van der Waals surface area contributed by atoms with Crippen LogP contribution in [0.5, 0.6) is 11.5 Å². The molecule has 2 aromatic rings. The van der Waals surface area contributed by atoms with E-state index in [1.54, 1.807) is 0 Å². The van der Waals surface area contributed by atoms with Crippen LogP contribution in [-0.4, -0.2) is 17.8 Å². The molecule has 1 N–H and O–H groups in total. The number of hydrogen-bond acceptors (Lipinski definition) is 3. The van der Waals surface area contributed by atoms with Gasteiger partial charge in [-0.2, -0.15) is 0 Å². The maximum atomic E-state index is 9.31. The molecule has 3 rings (SSSR count). The van der Waals surface area contributed by atoms with Crippen molar-refractivity contribution in [1.29, 1.82) is 0 Å². The lowest BCUT2D eigenvalue weighted by molar-refractivity contribution is -0.0105. The van der Waals surface area contributed by atoms with E-state index in [4.69, 9.17) is 9.47 Å². The van der Waals surface area contributed by atoms with Gasteiger partial charge in [-0.25, -0.2) is 0 Å². The topological polar surface area (TPSA) is 38.7 Å². The molecule has 0 saturated heterocycles. The first-order valence-electron chi connectivity index (χ1n) is 7.39. The molecule has 1 unspecified atom stereocenters. The zero-order valence-corrected chi connectivity index (χ0v) is 11.9. The van der Waals surface area contributed by atoms with E-state index in [1.165, 1.54) is 12.8 Å². The molecule has 2 aromatic carbocycles. The molecule has 0 heterocycles. The average Bonchev–Trinajstić information content (AvgIpc) is 3.34. The lowest BCUT2D eigenvalue weighted by Gasteiger charge is -2.15. The van der Waals surface area contributed by atoms with Crippen molar-refractivity contribution in [2.75, 3.05) is 6.61 Å². The molecule has 1 aliphatic rings. The van der Waals surface area contributed by atoms with E-state index in [-0.39, 0.29) is 12.7 Å². The third-order valence-electron chi connectivity index (χ3n) is 3.67. The highest BCUT2D eigenvalue weighted by molar-refractivity contribution is 5.33. The van der Waals surface area contributed by atoms with Crippen LogP contribution in [0.15, 0.2) is 54.6 Å². The standard InChI is InChI=1S/C18H20O3/c19-12-18(15-9-10-15)20-13-14-5-4-8-17(11-14)21-16-6-2-1-3-7-16/h1-8,11,15,18-19H,9-10,12-13H2. The molecule has 0 radical (unpaired) electrons. The molecule has 0 aromatic heterocycles. The van der Waals surface area contributed by atoms with E-state index in [2.05, 4.69) is 0 Å². The third-order valence-corrected chi connectivity index (χ3v) is 3.67. The summed E-state index contributed by atoms with van der Waals surface area (Å²) in [5, 5.41) is 9.31. The molecule has 3 nitrogen and oxygen atoms in total. The zero-order valence-electron chi connectivity index (χ0n) is 11.9. The van der Waals surface area contributed by atoms with Gasteiger partial charge in [-0.15, -0.1) is 0 Å². The Morgan fingerprint density at radius 2 is 1.76 bits per heavy atom. The van der Waals surface area contributed by atoms with Crippen LogP contribution < -0.4 is 4.74 Å². The molecule has 1 atom stereocenters. The monoisotopic (exact) mass is 284 g/mol. The Kier molecular flexibility index (Phi) is 4.53. The van der Waals surface area contributed by atoms with Gasteiger partial charge < -0.3 is 14.6 Å². The van der Waals surface area contributed by atoms with Crippen molar-refractivity contribution in [3.63, 3.8) is 0 Å². The predicted molar refractivity (Wildman–Crippen MR) is 81.3 cm³/mol. The van der Waals surface area contributed by atoms with Gasteiger partial charge in [0.1, 0.15) is 11.5 Å². The second-order valence-corrected chi connectivity index (χ2v) is 5.43. The molecule has 0 spiro atoms. The van der Waals surface area contributed by atoms with Gasteiger partial charge in [0.25, 0.3) is 0 Å². The molecule has 1 saturated carbocycles. The van der Waals surface area contributed by atoms with Gasteiger partial charge in [0.05, 0.1) is 19.3 Å². The molecule has 0 aliphatic heterocycles. The molecule has 3 heteroatoms. The van der Waals surface area contributed by atoms with Crippen LogP contribution in [0.4, 0.5) is 0 Å². The van der Waals surface area contributed by atoms with Crippen LogP contribution in [0.3, 0.4) is 0 Å². The third kappa shape index (κ3) is 4.06. The van der Waals surface area contributed by atoms with Crippen molar-refractivity contribution in [1.82, 2.24) is 0 Å². The summed E-state index contributed by atoms with van der Waals surface area (Å²) in [7, 11) is 0. The van der Waals surface area contributed by atoms with E-state index >= 15 is 0 Å². The Morgan fingerprint density at radius 1 is 1.00 bits per heavy atom.